The Labute approximate surface area is 143 Å². The molecule has 0 atom stereocenters. The van der Waals surface area contributed by atoms with E-state index in [2.05, 4.69) is 26.6 Å². The van der Waals surface area contributed by atoms with E-state index in [0.29, 0.717) is 0 Å². The van der Waals surface area contributed by atoms with Gasteiger partial charge in [0.2, 0.25) is 5.13 Å². The molecule has 116 valence electrons. The van der Waals surface area contributed by atoms with Gasteiger partial charge in [0, 0.05) is 23.5 Å². The molecule has 4 nitrogen and oxygen atoms in total. The third kappa shape index (κ3) is 3.02. The van der Waals surface area contributed by atoms with Crippen LogP contribution in [-0.4, -0.2) is 15.7 Å². The average molecular weight is 330 g/mol. The summed E-state index contributed by atoms with van der Waals surface area (Å²) in [5, 5.41) is 5.39. The van der Waals surface area contributed by atoms with Crippen LogP contribution in [-0.2, 0) is 0 Å². The summed E-state index contributed by atoms with van der Waals surface area (Å²) in [5.41, 5.74) is 6.99. The minimum Gasteiger partial charge on any atom is -0.265 e. The molecule has 0 aliphatic carbocycles. The van der Waals surface area contributed by atoms with Crippen LogP contribution in [0.5, 0.6) is 0 Å². The summed E-state index contributed by atoms with van der Waals surface area (Å²) < 4.78 is 1.14. The topological polar surface area (TPSA) is 50.2 Å². The van der Waals surface area contributed by atoms with E-state index in [0.717, 1.165) is 32.2 Å². The summed E-state index contributed by atoms with van der Waals surface area (Å²) in [6.07, 6.45) is 3.54. The van der Waals surface area contributed by atoms with E-state index in [9.17, 15) is 0 Å². The number of anilines is 1. The maximum absolute atomic E-state index is 4.62. The molecule has 0 aliphatic heterocycles. The molecule has 0 bridgehead atoms. The van der Waals surface area contributed by atoms with Crippen molar-refractivity contribution < 1.29 is 0 Å². The van der Waals surface area contributed by atoms with Gasteiger partial charge in [-0.2, -0.15) is 5.10 Å². The lowest BCUT2D eigenvalue weighted by Gasteiger charge is -2.07. The van der Waals surface area contributed by atoms with E-state index in [1.165, 1.54) is 0 Å². The van der Waals surface area contributed by atoms with Gasteiger partial charge in [-0.25, -0.2) is 4.98 Å². The number of rotatable bonds is 4. The van der Waals surface area contributed by atoms with Crippen LogP contribution in [0.2, 0.25) is 0 Å². The second-order valence-corrected chi connectivity index (χ2v) is 6.19. The number of thiazole rings is 1. The molecular formula is C19H14N4S. The van der Waals surface area contributed by atoms with E-state index >= 15 is 0 Å². The van der Waals surface area contributed by atoms with Crippen molar-refractivity contribution in [3.63, 3.8) is 0 Å². The summed E-state index contributed by atoms with van der Waals surface area (Å²) >= 11 is 1.59. The largest absolute Gasteiger partial charge is 0.265 e. The summed E-state index contributed by atoms with van der Waals surface area (Å²) in [4.78, 5) is 8.64. The van der Waals surface area contributed by atoms with Crippen LogP contribution in [0.25, 0.3) is 10.2 Å². The Kier molecular flexibility index (Phi) is 4.00. The first-order chi connectivity index (χ1) is 11.9. The van der Waals surface area contributed by atoms with Gasteiger partial charge in [-0.05, 0) is 24.3 Å². The molecule has 1 N–H and O–H groups in total. The molecule has 2 aromatic heterocycles. The minimum atomic E-state index is 0.777. The molecule has 4 aromatic rings. The van der Waals surface area contributed by atoms with Crippen LogP contribution < -0.4 is 5.43 Å². The van der Waals surface area contributed by atoms with E-state index in [1.54, 1.807) is 23.7 Å². The van der Waals surface area contributed by atoms with Gasteiger partial charge in [0.15, 0.2) is 0 Å². The van der Waals surface area contributed by atoms with Gasteiger partial charge in [-0.1, -0.05) is 53.8 Å². The Hall–Kier alpha value is -3.05. The van der Waals surface area contributed by atoms with Gasteiger partial charge in [0.25, 0.3) is 0 Å². The molecule has 0 fully saturated rings. The van der Waals surface area contributed by atoms with Gasteiger partial charge >= 0.3 is 0 Å². The Morgan fingerprint density at radius 1 is 0.833 bits per heavy atom. The summed E-state index contributed by atoms with van der Waals surface area (Å²) in [5.74, 6) is 0. The number of pyridine rings is 1. The Bertz CT molecular complexity index is 903. The third-order valence-electron chi connectivity index (χ3n) is 3.56. The fourth-order valence-electron chi connectivity index (χ4n) is 2.43. The number of fused-ring (bicyclic) bond motifs is 1. The zero-order chi connectivity index (χ0) is 16.2. The molecule has 0 unspecified atom stereocenters. The molecule has 4 rings (SSSR count). The standard InChI is InChI=1S/C19H14N4S/c1-2-6-14(7-3-1)18(15-10-12-20-13-11-15)22-23-19-21-16-8-4-5-9-17(16)24-19/h1-13H,(H,21,23). The predicted molar refractivity (Wildman–Crippen MR) is 99.6 cm³/mol. The van der Waals surface area contributed by atoms with Crippen molar-refractivity contribution in [2.75, 3.05) is 5.43 Å². The van der Waals surface area contributed by atoms with Crippen molar-refractivity contribution in [2.45, 2.75) is 0 Å². The number of benzene rings is 2. The summed E-state index contributed by atoms with van der Waals surface area (Å²) in [6.45, 7) is 0. The van der Waals surface area contributed by atoms with E-state index in [1.807, 2.05) is 60.7 Å². The Morgan fingerprint density at radius 3 is 2.33 bits per heavy atom. The normalized spacial score (nSPS) is 11.6. The number of hydrazone groups is 1. The monoisotopic (exact) mass is 330 g/mol. The zero-order valence-electron chi connectivity index (χ0n) is 12.8. The van der Waals surface area contributed by atoms with Crippen LogP contribution in [0, 0.1) is 0 Å². The lowest BCUT2D eigenvalue weighted by Crippen LogP contribution is -2.06. The molecule has 24 heavy (non-hydrogen) atoms. The average Bonchev–Trinajstić information content (AvgIpc) is 3.07. The van der Waals surface area contributed by atoms with Crippen LogP contribution in [0.15, 0.2) is 84.2 Å². The lowest BCUT2D eigenvalue weighted by molar-refractivity contribution is 1.28. The van der Waals surface area contributed by atoms with Gasteiger partial charge in [0.1, 0.15) is 0 Å². The third-order valence-corrected chi connectivity index (χ3v) is 4.50. The molecular weight excluding hydrogens is 316 g/mol. The van der Waals surface area contributed by atoms with Crippen molar-refractivity contribution in [1.82, 2.24) is 9.97 Å². The fourth-order valence-corrected chi connectivity index (χ4v) is 3.23. The second kappa shape index (κ2) is 6.60. The van der Waals surface area contributed by atoms with Crippen LogP contribution in [0.1, 0.15) is 11.1 Å². The smallest absolute Gasteiger partial charge is 0.204 e. The second-order valence-electron chi connectivity index (χ2n) is 5.16. The molecule has 0 aliphatic rings. The van der Waals surface area contributed by atoms with Gasteiger partial charge in [0.05, 0.1) is 15.9 Å². The van der Waals surface area contributed by atoms with Crippen molar-refractivity contribution in [3.8, 4) is 0 Å². The molecule has 0 saturated heterocycles. The van der Waals surface area contributed by atoms with Crippen molar-refractivity contribution >= 4 is 32.4 Å². The molecule has 5 heteroatoms. The quantitative estimate of drug-likeness (QED) is 0.441. The zero-order valence-corrected chi connectivity index (χ0v) is 13.6. The summed E-state index contributed by atoms with van der Waals surface area (Å²) in [6, 6.07) is 22.0. The minimum absolute atomic E-state index is 0.777. The summed E-state index contributed by atoms with van der Waals surface area (Å²) in [7, 11) is 0. The molecule has 0 saturated carbocycles. The first-order valence-corrected chi connectivity index (χ1v) is 8.37. The first-order valence-electron chi connectivity index (χ1n) is 7.55. The van der Waals surface area contributed by atoms with Crippen molar-refractivity contribution in [2.24, 2.45) is 5.10 Å². The number of hydrogen-bond acceptors (Lipinski definition) is 5. The molecule has 2 aromatic carbocycles. The fraction of sp³-hybridized carbons (Fsp3) is 0. The lowest BCUT2D eigenvalue weighted by atomic mass is 10.0. The molecule has 2 heterocycles. The van der Waals surface area contributed by atoms with Crippen LogP contribution >= 0.6 is 11.3 Å². The van der Waals surface area contributed by atoms with Crippen molar-refractivity contribution in [1.29, 1.82) is 0 Å². The van der Waals surface area contributed by atoms with Crippen LogP contribution in [0.4, 0.5) is 5.13 Å². The number of nitrogens with one attached hydrogen (secondary N) is 1. The predicted octanol–water partition coefficient (Wildman–Crippen LogP) is 4.56. The highest BCUT2D eigenvalue weighted by Gasteiger charge is 2.08. The highest BCUT2D eigenvalue weighted by Crippen LogP contribution is 2.25. The van der Waals surface area contributed by atoms with E-state index in [4.69, 9.17) is 0 Å². The Balaban J connectivity index is 1.71. The maximum Gasteiger partial charge on any atom is 0.204 e. The molecule has 0 radical (unpaired) electrons. The number of nitrogens with zero attached hydrogens (tertiary/aromatic N) is 3. The highest BCUT2D eigenvalue weighted by atomic mass is 32.1. The van der Waals surface area contributed by atoms with E-state index < -0.39 is 0 Å². The van der Waals surface area contributed by atoms with Gasteiger partial charge < -0.3 is 0 Å². The number of para-hydroxylation sites is 1. The SMILES string of the molecule is c1ccc(C(=NNc2nc3ccccc3s2)c2ccncc2)cc1. The highest BCUT2D eigenvalue weighted by molar-refractivity contribution is 7.22. The Morgan fingerprint density at radius 2 is 1.54 bits per heavy atom. The van der Waals surface area contributed by atoms with Crippen molar-refractivity contribution in [3.05, 3.63) is 90.3 Å². The molecule has 0 amide bonds. The van der Waals surface area contributed by atoms with E-state index in [-0.39, 0.29) is 0 Å². The molecule has 0 spiro atoms. The van der Waals surface area contributed by atoms with Crippen LogP contribution in [0.3, 0.4) is 0 Å². The first kappa shape index (κ1) is 14.5. The number of hydrogen-bond donors (Lipinski definition) is 1. The van der Waals surface area contributed by atoms with Gasteiger partial charge in [-0.3, -0.25) is 10.4 Å². The van der Waals surface area contributed by atoms with Gasteiger partial charge in [-0.15, -0.1) is 0 Å². The number of aromatic nitrogens is 2. The maximum atomic E-state index is 4.62.